The number of aryl methyl sites for hydroxylation is 2. The first kappa shape index (κ1) is 13.4. The molecule has 0 fully saturated rings. The molecule has 0 unspecified atom stereocenters. The van der Waals surface area contributed by atoms with Crippen molar-refractivity contribution in [3.8, 4) is 0 Å². The summed E-state index contributed by atoms with van der Waals surface area (Å²) in [7, 11) is -2.02. The van der Waals surface area contributed by atoms with Crippen LogP contribution in [0.2, 0.25) is 0 Å². The van der Waals surface area contributed by atoms with E-state index < -0.39 is 10.0 Å². The van der Waals surface area contributed by atoms with E-state index in [1.165, 1.54) is 10.9 Å². The number of nitrogens with zero attached hydrogens (tertiary/aromatic N) is 2. The largest absolute Gasteiger partial charge is 0.394 e. The van der Waals surface area contributed by atoms with E-state index in [4.69, 9.17) is 5.73 Å². The number of thiophene rings is 1. The van der Waals surface area contributed by atoms with Gasteiger partial charge in [0.15, 0.2) is 5.82 Å². The fourth-order valence-corrected chi connectivity index (χ4v) is 4.66. The maximum absolute atomic E-state index is 12.2. The predicted molar refractivity (Wildman–Crippen MR) is 75.2 cm³/mol. The van der Waals surface area contributed by atoms with Crippen molar-refractivity contribution in [1.29, 1.82) is 0 Å². The van der Waals surface area contributed by atoms with Gasteiger partial charge in [0.05, 0.1) is 15.7 Å². The van der Waals surface area contributed by atoms with Crippen LogP contribution in [-0.4, -0.2) is 18.2 Å². The fraction of sp³-hybridized carbons (Fsp3) is 0.222. The first-order valence-electron chi connectivity index (χ1n) is 4.87. The summed E-state index contributed by atoms with van der Waals surface area (Å²) in [6.07, 6.45) is 1.40. The van der Waals surface area contributed by atoms with Crippen molar-refractivity contribution >= 4 is 48.8 Å². The fourth-order valence-electron chi connectivity index (χ4n) is 1.32. The summed E-state index contributed by atoms with van der Waals surface area (Å²) in [5, 5.41) is 3.88. The predicted octanol–water partition coefficient (Wildman–Crippen LogP) is 1.94. The third-order valence-corrected chi connectivity index (χ3v) is 6.25. The molecule has 0 aliphatic rings. The lowest BCUT2D eigenvalue weighted by Crippen LogP contribution is -2.15. The van der Waals surface area contributed by atoms with Crippen LogP contribution in [0, 0.1) is 6.92 Å². The monoisotopic (exact) mass is 350 g/mol. The van der Waals surface area contributed by atoms with Gasteiger partial charge in [0.2, 0.25) is 0 Å². The Kier molecular flexibility index (Phi) is 3.39. The molecule has 0 atom stereocenters. The van der Waals surface area contributed by atoms with Crippen molar-refractivity contribution in [3.05, 3.63) is 21.6 Å². The Hall–Kier alpha value is -1.06. The van der Waals surface area contributed by atoms with E-state index in [9.17, 15) is 8.42 Å². The molecule has 0 bridgehead atoms. The standard InChI is InChI=1S/C9H11BrN4O2S2/c1-5-3-7(17-8(5)10)18(15,16)13-9-6(11)4-12-14(9)2/h3-4,13H,11H2,1-2H3. The number of nitrogens with two attached hydrogens (primary N) is 1. The molecule has 9 heteroatoms. The van der Waals surface area contributed by atoms with Gasteiger partial charge in [-0.1, -0.05) is 0 Å². The minimum Gasteiger partial charge on any atom is -0.394 e. The highest BCUT2D eigenvalue weighted by atomic mass is 79.9. The third kappa shape index (κ3) is 2.38. The zero-order valence-electron chi connectivity index (χ0n) is 9.64. The van der Waals surface area contributed by atoms with Crippen LogP contribution in [0.15, 0.2) is 20.3 Å². The minimum atomic E-state index is -3.63. The first-order chi connectivity index (χ1) is 8.31. The van der Waals surface area contributed by atoms with E-state index in [1.54, 1.807) is 13.1 Å². The van der Waals surface area contributed by atoms with E-state index in [-0.39, 0.29) is 15.7 Å². The normalized spacial score (nSPS) is 11.7. The number of aromatic nitrogens is 2. The average Bonchev–Trinajstić information content (AvgIpc) is 2.77. The van der Waals surface area contributed by atoms with E-state index in [2.05, 4.69) is 25.8 Å². The molecule has 0 spiro atoms. The lowest BCUT2D eigenvalue weighted by Gasteiger charge is -2.07. The van der Waals surface area contributed by atoms with E-state index in [0.29, 0.717) is 0 Å². The zero-order chi connectivity index (χ0) is 13.5. The number of rotatable bonds is 3. The van der Waals surface area contributed by atoms with Gasteiger partial charge in [-0.25, -0.2) is 8.42 Å². The summed E-state index contributed by atoms with van der Waals surface area (Å²) in [4.78, 5) is 0. The van der Waals surface area contributed by atoms with Crippen molar-refractivity contribution in [2.75, 3.05) is 10.5 Å². The van der Waals surface area contributed by atoms with Crippen molar-refractivity contribution in [1.82, 2.24) is 9.78 Å². The van der Waals surface area contributed by atoms with Crippen LogP contribution in [0.5, 0.6) is 0 Å². The summed E-state index contributed by atoms with van der Waals surface area (Å²) < 4.78 is 29.1. The molecule has 0 aliphatic heterocycles. The topological polar surface area (TPSA) is 90.0 Å². The Morgan fingerprint density at radius 3 is 2.67 bits per heavy atom. The van der Waals surface area contributed by atoms with Crippen LogP contribution < -0.4 is 10.5 Å². The average molecular weight is 351 g/mol. The third-order valence-electron chi connectivity index (χ3n) is 2.30. The van der Waals surface area contributed by atoms with Gasteiger partial charge < -0.3 is 5.73 Å². The van der Waals surface area contributed by atoms with E-state index >= 15 is 0 Å². The molecule has 2 rings (SSSR count). The maximum atomic E-state index is 12.2. The number of nitrogens with one attached hydrogen (secondary N) is 1. The van der Waals surface area contributed by atoms with Gasteiger partial charge in [-0.2, -0.15) is 5.10 Å². The van der Waals surface area contributed by atoms with Crippen molar-refractivity contribution in [3.63, 3.8) is 0 Å². The second-order valence-electron chi connectivity index (χ2n) is 3.70. The highest BCUT2D eigenvalue weighted by Crippen LogP contribution is 2.32. The summed E-state index contributed by atoms with van der Waals surface area (Å²) in [6, 6.07) is 1.60. The van der Waals surface area contributed by atoms with Crippen LogP contribution in [0.4, 0.5) is 11.5 Å². The van der Waals surface area contributed by atoms with Crippen LogP contribution in [0.1, 0.15) is 5.56 Å². The highest BCUT2D eigenvalue weighted by Gasteiger charge is 2.21. The molecule has 98 valence electrons. The van der Waals surface area contributed by atoms with Crippen LogP contribution in [0.25, 0.3) is 0 Å². The van der Waals surface area contributed by atoms with Crippen molar-refractivity contribution in [2.45, 2.75) is 11.1 Å². The quantitative estimate of drug-likeness (QED) is 0.884. The van der Waals surface area contributed by atoms with Gasteiger partial charge >= 0.3 is 0 Å². The molecule has 18 heavy (non-hydrogen) atoms. The Labute approximate surface area is 117 Å². The summed E-state index contributed by atoms with van der Waals surface area (Å²) in [5.74, 6) is 0.261. The number of hydrogen-bond donors (Lipinski definition) is 2. The maximum Gasteiger partial charge on any atom is 0.272 e. The molecule has 2 aromatic rings. The van der Waals surface area contributed by atoms with Crippen molar-refractivity contribution in [2.24, 2.45) is 7.05 Å². The molecule has 0 radical (unpaired) electrons. The smallest absolute Gasteiger partial charge is 0.272 e. The van der Waals surface area contributed by atoms with Gasteiger partial charge in [-0.3, -0.25) is 9.40 Å². The van der Waals surface area contributed by atoms with Gasteiger partial charge in [0.1, 0.15) is 4.21 Å². The Balaban J connectivity index is 2.39. The second-order valence-corrected chi connectivity index (χ2v) is 7.98. The van der Waals surface area contributed by atoms with Gasteiger partial charge in [-0.15, -0.1) is 11.3 Å². The van der Waals surface area contributed by atoms with Crippen LogP contribution in [0.3, 0.4) is 0 Å². The van der Waals surface area contributed by atoms with Crippen molar-refractivity contribution < 1.29 is 8.42 Å². The molecule has 0 aromatic carbocycles. The molecule has 0 aliphatic carbocycles. The lowest BCUT2D eigenvalue weighted by molar-refractivity contribution is 0.602. The summed E-state index contributed by atoms with van der Waals surface area (Å²) in [6.45, 7) is 1.83. The Bertz CT molecular complexity index is 650. The molecule has 6 nitrogen and oxygen atoms in total. The Morgan fingerprint density at radius 1 is 1.56 bits per heavy atom. The lowest BCUT2D eigenvalue weighted by atomic mass is 10.4. The molecule has 0 saturated heterocycles. The van der Waals surface area contributed by atoms with Gasteiger partial charge in [-0.05, 0) is 34.5 Å². The first-order valence-corrected chi connectivity index (χ1v) is 7.97. The number of sulfonamides is 1. The number of anilines is 2. The van der Waals surface area contributed by atoms with E-state index in [0.717, 1.165) is 20.7 Å². The molecule has 0 saturated carbocycles. The molecule has 3 N–H and O–H groups in total. The molecule has 2 aromatic heterocycles. The number of nitrogen functional groups attached to an aromatic ring is 1. The second kappa shape index (κ2) is 4.56. The minimum absolute atomic E-state index is 0.229. The molecular formula is C9H11BrN4O2S2. The molecule has 2 heterocycles. The highest BCUT2D eigenvalue weighted by molar-refractivity contribution is 9.11. The number of hydrogen-bond acceptors (Lipinski definition) is 5. The van der Waals surface area contributed by atoms with Crippen LogP contribution in [-0.2, 0) is 17.1 Å². The number of halogens is 1. The van der Waals surface area contributed by atoms with E-state index in [1.807, 2.05) is 6.92 Å². The molecular weight excluding hydrogens is 340 g/mol. The van der Waals surface area contributed by atoms with Gasteiger partial charge in [0, 0.05) is 7.05 Å². The van der Waals surface area contributed by atoms with Crippen LogP contribution >= 0.6 is 27.3 Å². The summed E-state index contributed by atoms with van der Waals surface area (Å²) in [5.41, 5.74) is 6.80. The summed E-state index contributed by atoms with van der Waals surface area (Å²) >= 11 is 4.45. The Morgan fingerprint density at radius 2 is 2.22 bits per heavy atom. The van der Waals surface area contributed by atoms with Gasteiger partial charge in [0.25, 0.3) is 10.0 Å². The molecule has 0 amide bonds. The zero-order valence-corrected chi connectivity index (χ0v) is 12.9. The SMILES string of the molecule is Cc1cc(S(=O)(=O)Nc2c(N)cnn2C)sc1Br.